The van der Waals surface area contributed by atoms with Gasteiger partial charge in [0, 0.05) is 25.4 Å². The van der Waals surface area contributed by atoms with Crippen LogP contribution >= 0.6 is 0 Å². The highest BCUT2D eigenvalue weighted by atomic mass is 19.4. The minimum absolute atomic E-state index is 0.116. The van der Waals surface area contributed by atoms with Crippen molar-refractivity contribution in [3.63, 3.8) is 0 Å². The van der Waals surface area contributed by atoms with Gasteiger partial charge in [-0.15, -0.1) is 0 Å². The van der Waals surface area contributed by atoms with Crippen LogP contribution in [0.3, 0.4) is 0 Å². The number of halogens is 3. The maximum atomic E-state index is 12.9. The lowest BCUT2D eigenvalue weighted by molar-refractivity contribution is -0.141. The minimum Gasteiger partial charge on any atom is -0.382 e. The summed E-state index contributed by atoms with van der Waals surface area (Å²) in [5, 5.41) is 2.68. The first kappa shape index (κ1) is 19.9. The number of ether oxygens (including phenoxy) is 2. The number of ketones is 1. The third-order valence-corrected chi connectivity index (χ3v) is 3.64. The Hall–Kier alpha value is -2.46. The molecule has 10 heteroatoms. The van der Waals surface area contributed by atoms with Gasteiger partial charge in [-0.05, 0) is 19.1 Å². The summed E-state index contributed by atoms with van der Waals surface area (Å²) in [7, 11) is 2.89. The number of pyridine rings is 1. The number of alkyl halides is 3. The Balaban J connectivity index is 2.45. The molecule has 0 saturated carbocycles. The average molecular weight is 373 g/mol. The van der Waals surface area contributed by atoms with Crippen LogP contribution in [0.5, 0.6) is 0 Å². The molecule has 2 aromatic heterocycles. The van der Waals surface area contributed by atoms with Crippen LogP contribution < -0.4 is 5.56 Å². The first-order valence-corrected chi connectivity index (χ1v) is 7.61. The van der Waals surface area contributed by atoms with Crippen molar-refractivity contribution in [2.75, 3.05) is 20.3 Å². The van der Waals surface area contributed by atoms with Crippen LogP contribution in [0.25, 0.3) is 0 Å². The normalized spacial score (nSPS) is 11.8. The topological polar surface area (TPSA) is 86.2 Å². The van der Waals surface area contributed by atoms with Crippen molar-refractivity contribution in [2.24, 2.45) is 7.05 Å². The van der Waals surface area contributed by atoms with Crippen LogP contribution in [0.2, 0.25) is 0 Å². The van der Waals surface area contributed by atoms with Gasteiger partial charge in [0.25, 0.3) is 5.56 Å². The number of aromatic nitrogens is 3. The van der Waals surface area contributed by atoms with Gasteiger partial charge in [-0.2, -0.15) is 13.2 Å². The number of carbonyl (C=O) groups excluding carboxylic acids is 1. The number of carbonyl (C=O) groups is 1. The van der Waals surface area contributed by atoms with Crippen molar-refractivity contribution in [1.82, 2.24) is 14.8 Å². The zero-order valence-corrected chi connectivity index (χ0v) is 14.4. The predicted molar refractivity (Wildman–Crippen MR) is 85.0 cm³/mol. The monoisotopic (exact) mass is 373 g/mol. The predicted octanol–water partition coefficient (Wildman–Crippen LogP) is 1.83. The highest BCUT2D eigenvalue weighted by Crippen LogP contribution is 2.29. The number of rotatable bonds is 7. The summed E-state index contributed by atoms with van der Waals surface area (Å²) in [6, 6.07) is 1.72. The first-order chi connectivity index (χ1) is 12.2. The van der Waals surface area contributed by atoms with Gasteiger partial charge in [-0.3, -0.25) is 19.4 Å². The minimum atomic E-state index is -4.66. The standard InChI is InChI=1S/C16H18F3N3O4/c1-9-13(15(24)22(2)21-9)14(23)10-4-5-12(16(17,18)19)20-11(10)8-26-7-6-25-3/h4-5,21H,6-8H2,1-3H3. The smallest absolute Gasteiger partial charge is 0.382 e. The van der Waals surface area contributed by atoms with Crippen molar-refractivity contribution < 1.29 is 27.4 Å². The molecular weight excluding hydrogens is 355 g/mol. The molecule has 0 fully saturated rings. The van der Waals surface area contributed by atoms with Crippen molar-refractivity contribution in [3.8, 4) is 0 Å². The van der Waals surface area contributed by atoms with Gasteiger partial charge < -0.3 is 9.47 Å². The Bertz CT molecular complexity index is 855. The molecule has 0 aliphatic rings. The molecule has 0 aliphatic carbocycles. The molecule has 2 aromatic rings. The van der Waals surface area contributed by atoms with Gasteiger partial charge >= 0.3 is 6.18 Å². The second-order valence-corrected chi connectivity index (χ2v) is 5.54. The molecule has 142 valence electrons. The van der Waals surface area contributed by atoms with Gasteiger partial charge in [-0.1, -0.05) is 0 Å². The lowest BCUT2D eigenvalue weighted by Gasteiger charge is -2.12. The SMILES string of the molecule is COCCOCc1nc(C(F)(F)F)ccc1C(=O)c1c(C)[nH]n(C)c1=O. The van der Waals surface area contributed by atoms with Crippen LogP contribution in [0, 0.1) is 6.92 Å². The van der Waals surface area contributed by atoms with Crippen molar-refractivity contribution in [2.45, 2.75) is 19.7 Å². The zero-order valence-electron chi connectivity index (χ0n) is 14.4. The van der Waals surface area contributed by atoms with Crippen molar-refractivity contribution in [3.05, 3.63) is 50.7 Å². The maximum absolute atomic E-state index is 12.9. The molecule has 2 heterocycles. The van der Waals surface area contributed by atoms with E-state index in [4.69, 9.17) is 9.47 Å². The van der Waals surface area contributed by atoms with Crippen LogP contribution in [0.4, 0.5) is 13.2 Å². The van der Waals surface area contributed by atoms with E-state index in [0.29, 0.717) is 11.8 Å². The van der Waals surface area contributed by atoms with E-state index in [2.05, 4.69) is 10.1 Å². The Morgan fingerprint density at radius 2 is 2.00 bits per heavy atom. The van der Waals surface area contributed by atoms with Crippen LogP contribution in [-0.2, 0) is 29.3 Å². The molecule has 0 bridgehead atoms. The highest BCUT2D eigenvalue weighted by molar-refractivity contribution is 6.10. The van der Waals surface area contributed by atoms with Gasteiger partial charge in [0.2, 0.25) is 5.78 Å². The summed E-state index contributed by atoms with van der Waals surface area (Å²) in [4.78, 5) is 28.4. The number of nitrogens with zero attached hydrogens (tertiary/aromatic N) is 2. The van der Waals surface area contributed by atoms with E-state index < -0.39 is 23.2 Å². The fourth-order valence-electron chi connectivity index (χ4n) is 2.38. The second kappa shape index (κ2) is 7.83. The molecule has 2 rings (SSSR count). The Morgan fingerprint density at radius 3 is 2.54 bits per heavy atom. The van der Waals surface area contributed by atoms with Gasteiger partial charge in [0.15, 0.2) is 0 Å². The van der Waals surface area contributed by atoms with Gasteiger partial charge in [0.05, 0.1) is 25.5 Å². The van der Waals surface area contributed by atoms with E-state index in [0.717, 1.165) is 10.7 Å². The summed E-state index contributed by atoms with van der Waals surface area (Å²) in [5.74, 6) is -0.712. The highest BCUT2D eigenvalue weighted by Gasteiger charge is 2.34. The fourth-order valence-corrected chi connectivity index (χ4v) is 2.38. The average Bonchev–Trinajstić information content (AvgIpc) is 2.82. The van der Waals surface area contributed by atoms with Crippen LogP contribution in [-0.4, -0.2) is 40.9 Å². The number of aryl methyl sites for hydroxylation is 2. The molecule has 0 amide bonds. The molecule has 26 heavy (non-hydrogen) atoms. The third kappa shape index (κ3) is 4.20. The number of hydrogen-bond acceptors (Lipinski definition) is 5. The van der Waals surface area contributed by atoms with E-state index in [-0.39, 0.29) is 36.6 Å². The molecule has 0 unspecified atom stereocenters. The molecule has 0 atom stereocenters. The summed E-state index contributed by atoms with van der Waals surface area (Å²) >= 11 is 0. The number of aromatic amines is 1. The van der Waals surface area contributed by atoms with Gasteiger partial charge in [0.1, 0.15) is 11.3 Å². The summed E-state index contributed by atoms with van der Waals surface area (Å²) in [6.45, 7) is 1.56. The molecule has 0 aromatic carbocycles. The maximum Gasteiger partial charge on any atom is 0.433 e. The number of methoxy groups -OCH3 is 1. The van der Waals surface area contributed by atoms with Crippen molar-refractivity contribution >= 4 is 5.78 Å². The summed E-state index contributed by atoms with van der Waals surface area (Å²) < 4.78 is 49.9. The second-order valence-electron chi connectivity index (χ2n) is 5.54. The molecule has 0 spiro atoms. The molecule has 7 nitrogen and oxygen atoms in total. The van der Waals surface area contributed by atoms with Gasteiger partial charge in [-0.25, -0.2) is 4.98 Å². The summed E-state index contributed by atoms with van der Waals surface area (Å²) in [6.07, 6.45) is -4.66. The third-order valence-electron chi connectivity index (χ3n) is 3.64. The largest absolute Gasteiger partial charge is 0.433 e. The Labute approximate surface area is 146 Å². The van der Waals surface area contributed by atoms with E-state index in [1.165, 1.54) is 21.1 Å². The van der Waals surface area contributed by atoms with Crippen LogP contribution in [0.1, 0.15) is 33.0 Å². The Kier molecular flexibility index (Phi) is 5.98. The Morgan fingerprint density at radius 1 is 1.31 bits per heavy atom. The molecule has 0 saturated heterocycles. The van der Waals surface area contributed by atoms with Crippen LogP contribution in [0.15, 0.2) is 16.9 Å². The number of nitrogens with one attached hydrogen (secondary N) is 1. The van der Waals surface area contributed by atoms with E-state index >= 15 is 0 Å². The molecular formula is C16H18F3N3O4. The lowest BCUT2D eigenvalue weighted by Crippen LogP contribution is -2.22. The fraction of sp³-hybridized carbons (Fsp3) is 0.438. The lowest BCUT2D eigenvalue weighted by atomic mass is 10.0. The summed E-state index contributed by atoms with van der Waals surface area (Å²) in [5.41, 5.74) is -1.85. The first-order valence-electron chi connectivity index (χ1n) is 7.61. The quantitative estimate of drug-likeness (QED) is 0.591. The van der Waals surface area contributed by atoms with Crippen molar-refractivity contribution in [1.29, 1.82) is 0 Å². The molecule has 1 N–H and O–H groups in total. The van der Waals surface area contributed by atoms with E-state index in [1.807, 2.05) is 0 Å². The molecule has 0 aliphatic heterocycles. The number of H-pyrrole nitrogens is 1. The van der Waals surface area contributed by atoms with E-state index in [9.17, 15) is 22.8 Å². The zero-order chi connectivity index (χ0) is 19.5. The molecule has 0 radical (unpaired) electrons. The number of hydrogen-bond donors (Lipinski definition) is 1. The van der Waals surface area contributed by atoms with E-state index in [1.54, 1.807) is 0 Å².